The summed E-state index contributed by atoms with van der Waals surface area (Å²) in [6.07, 6.45) is 1.93. The average molecular weight is 294 g/mol. The largest absolute Gasteiger partial charge is 0.318 e. The van der Waals surface area contributed by atoms with Gasteiger partial charge >= 0.3 is 0 Å². The first kappa shape index (κ1) is 14.8. The fourth-order valence-electron chi connectivity index (χ4n) is 2.70. The molecule has 2 aromatic carbocycles. The van der Waals surface area contributed by atoms with E-state index >= 15 is 0 Å². The minimum atomic E-state index is 0.889. The molecule has 0 aliphatic heterocycles. The molecule has 22 heavy (non-hydrogen) atoms. The third-order valence-corrected chi connectivity index (χ3v) is 3.94. The Morgan fingerprint density at radius 1 is 1.14 bits per heavy atom. The molecule has 0 amide bonds. The monoisotopic (exact) mass is 294 g/mol. The number of nitrogens with zero attached hydrogens (tertiary/aromatic N) is 2. The third-order valence-electron chi connectivity index (χ3n) is 3.94. The Kier molecular flexibility index (Phi) is 4.51. The zero-order valence-electron chi connectivity index (χ0n) is 13.1. The van der Waals surface area contributed by atoms with Crippen LogP contribution >= 0.6 is 0 Å². The molecule has 0 aliphatic carbocycles. The number of hydrogen-bond acceptors (Lipinski definition) is 3. The first-order valence-electron chi connectivity index (χ1n) is 7.62. The maximum absolute atomic E-state index is 4.24. The number of fused-ring (bicyclic) bond motifs is 1. The zero-order valence-corrected chi connectivity index (χ0v) is 13.1. The Hall–Kier alpha value is -2.17. The number of H-pyrrole nitrogens is 1. The highest BCUT2D eigenvalue weighted by Crippen LogP contribution is 2.26. The molecule has 4 nitrogen and oxygen atoms in total. The van der Waals surface area contributed by atoms with Gasteiger partial charge in [0.15, 0.2) is 0 Å². The molecule has 1 aromatic heterocycles. The van der Waals surface area contributed by atoms with Gasteiger partial charge in [-0.3, -0.25) is 5.10 Å². The number of aromatic nitrogens is 2. The van der Waals surface area contributed by atoms with Crippen molar-refractivity contribution in [1.82, 2.24) is 20.4 Å². The van der Waals surface area contributed by atoms with E-state index in [1.807, 2.05) is 13.2 Å². The van der Waals surface area contributed by atoms with Gasteiger partial charge in [0.05, 0.1) is 11.9 Å². The SMILES string of the molecule is CNCCN(C)Cc1cn[nH]c1-c1ccc2ccccc2c1. The van der Waals surface area contributed by atoms with E-state index in [1.165, 1.54) is 21.9 Å². The quantitative estimate of drug-likeness (QED) is 0.735. The van der Waals surface area contributed by atoms with Crippen LogP contribution in [0.3, 0.4) is 0 Å². The summed E-state index contributed by atoms with van der Waals surface area (Å²) in [5, 5.41) is 13.1. The molecule has 0 aliphatic rings. The molecule has 1 heterocycles. The molecule has 0 saturated carbocycles. The van der Waals surface area contributed by atoms with Crippen LogP contribution in [0.15, 0.2) is 48.7 Å². The topological polar surface area (TPSA) is 44.0 Å². The Morgan fingerprint density at radius 3 is 2.77 bits per heavy atom. The van der Waals surface area contributed by atoms with Crippen LogP contribution in [0.1, 0.15) is 5.56 Å². The summed E-state index contributed by atoms with van der Waals surface area (Å²) in [4.78, 5) is 2.30. The minimum Gasteiger partial charge on any atom is -0.318 e. The molecule has 0 radical (unpaired) electrons. The van der Waals surface area contributed by atoms with Crippen molar-refractivity contribution in [2.45, 2.75) is 6.54 Å². The van der Waals surface area contributed by atoms with E-state index < -0.39 is 0 Å². The average Bonchev–Trinajstić information content (AvgIpc) is 3.00. The molecular formula is C18H22N4. The van der Waals surface area contributed by atoms with Crippen molar-refractivity contribution in [2.24, 2.45) is 0 Å². The molecule has 3 rings (SSSR count). The van der Waals surface area contributed by atoms with Crippen molar-refractivity contribution in [3.8, 4) is 11.3 Å². The maximum Gasteiger partial charge on any atom is 0.0695 e. The lowest BCUT2D eigenvalue weighted by Crippen LogP contribution is -2.26. The second kappa shape index (κ2) is 6.73. The summed E-state index contributed by atoms with van der Waals surface area (Å²) in [7, 11) is 4.11. The Bertz CT molecular complexity index is 747. The van der Waals surface area contributed by atoms with Gasteiger partial charge < -0.3 is 10.2 Å². The summed E-state index contributed by atoms with van der Waals surface area (Å²) < 4.78 is 0. The molecule has 4 heteroatoms. The number of likely N-dealkylation sites (N-methyl/N-ethyl adjacent to an activating group) is 2. The second-order valence-corrected chi connectivity index (χ2v) is 5.67. The molecule has 0 bridgehead atoms. The molecule has 2 N–H and O–H groups in total. The number of rotatable bonds is 6. The molecule has 0 fully saturated rings. The van der Waals surface area contributed by atoms with Gasteiger partial charge in [-0.05, 0) is 30.9 Å². The van der Waals surface area contributed by atoms with Crippen LogP contribution in [0.2, 0.25) is 0 Å². The molecule has 3 aromatic rings. The van der Waals surface area contributed by atoms with Gasteiger partial charge in [-0.2, -0.15) is 5.10 Å². The molecule has 114 valence electrons. The standard InChI is InChI=1S/C18H22N4/c1-19-9-10-22(2)13-17-12-20-21-18(17)16-8-7-14-5-3-4-6-15(14)11-16/h3-8,11-12,19H,9-10,13H2,1-2H3,(H,20,21). The Morgan fingerprint density at radius 2 is 1.95 bits per heavy atom. The molecule has 0 unspecified atom stereocenters. The zero-order chi connectivity index (χ0) is 15.4. The Balaban J connectivity index is 1.86. The van der Waals surface area contributed by atoms with E-state index in [1.54, 1.807) is 0 Å². The van der Waals surface area contributed by atoms with E-state index in [0.29, 0.717) is 0 Å². The second-order valence-electron chi connectivity index (χ2n) is 5.67. The van der Waals surface area contributed by atoms with Crippen LogP contribution in [-0.2, 0) is 6.54 Å². The highest BCUT2D eigenvalue weighted by Gasteiger charge is 2.10. The van der Waals surface area contributed by atoms with Crippen molar-refractivity contribution >= 4 is 10.8 Å². The highest BCUT2D eigenvalue weighted by atomic mass is 15.1. The molecular weight excluding hydrogens is 272 g/mol. The number of benzene rings is 2. The summed E-state index contributed by atoms with van der Waals surface area (Å²) in [5.74, 6) is 0. The van der Waals surface area contributed by atoms with E-state index in [9.17, 15) is 0 Å². The molecule has 0 atom stereocenters. The lowest BCUT2D eigenvalue weighted by atomic mass is 10.0. The lowest BCUT2D eigenvalue weighted by Gasteiger charge is -2.16. The first-order valence-corrected chi connectivity index (χ1v) is 7.62. The van der Waals surface area contributed by atoms with Crippen molar-refractivity contribution in [2.75, 3.05) is 27.2 Å². The van der Waals surface area contributed by atoms with Crippen molar-refractivity contribution in [1.29, 1.82) is 0 Å². The van der Waals surface area contributed by atoms with Crippen molar-refractivity contribution in [3.05, 3.63) is 54.2 Å². The van der Waals surface area contributed by atoms with Crippen LogP contribution in [0, 0.1) is 0 Å². The summed E-state index contributed by atoms with van der Waals surface area (Å²) in [5.41, 5.74) is 3.53. The number of nitrogens with one attached hydrogen (secondary N) is 2. The smallest absolute Gasteiger partial charge is 0.0695 e. The van der Waals surface area contributed by atoms with Crippen LogP contribution in [0.4, 0.5) is 0 Å². The van der Waals surface area contributed by atoms with Crippen molar-refractivity contribution < 1.29 is 0 Å². The summed E-state index contributed by atoms with van der Waals surface area (Å²) in [6, 6.07) is 15.0. The van der Waals surface area contributed by atoms with Crippen LogP contribution in [-0.4, -0.2) is 42.3 Å². The van der Waals surface area contributed by atoms with Gasteiger partial charge in [0.25, 0.3) is 0 Å². The van der Waals surface area contributed by atoms with Gasteiger partial charge in [-0.25, -0.2) is 0 Å². The van der Waals surface area contributed by atoms with E-state index in [-0.39, 0.29) is 0 Å². The fourth-order valence-corrected chi connectivity index (χ4v) is 2.70. The predicted octanol–water partition coefficient (Wildman–Crippen LogP) is 2.88. The van der Waals surface area contributed by atoms with E-state index in [0.717, 1.165) is 25.3 Å². The minimum absolute atomic E-state index is 0.889. The highest BCUT2D eigenvalue weighted by molar-refractivity contribution is 5.87. The first-order chi connectivity index (χ1) is 10.8. The molecule has 0 saturated heterocycles. The number of hydrogen-bond donors (Lipinski definition) is 2. The van der Waals surface area contributed by atoms with Crippen LogP contribution in [0.5, 0.6) is 0 Å². The normalized spacial score (nSPS) is 11.4. The summed E-state index contributed by atoms with van der Waals surface area (Å²) >= 11 is 0. The maximum atomic E-state index is 4.24. The van der Waals surface area contributed by atoms with Crippen molar-refractivity contribution in [3.63, 3.8) is 0 Å². The predicted molar refractivity (Wildman–Crippen MR) is 91.8 cm³/mol. The molecule has 0 spiro atoms. The lowest BCUT2D eigenvalue weighted by molar-refractivity contribution is 0.328. The van der Waals surface area contributed by atoms with Crippen LogP contribution in [0.25, 0.3) is 22.0 Å². The van der Waals surface area contributed by atoms with Gasteiger partial charge in [0.1, 0.15) is 0 Å². The van der Waals surface area contributed by atoms with Gasteiger partial charge in [-0.1, -0.05) is 36.4 Å². The summed E-state index contributed by atoms with van der Waals surface area (Å²) in [6.45, 7) is 2.89. The van der Waals surface area contributed by atoms with Gasteiger partial charge in [0.2, 0.25) is 0 Å². The third kappa shape index (κ3) is 3.18. The van der Waals surface area contributed by atoms with Gasteiger partial charge in [-0.15, -0.1) is 0 Å². The van der Waals surface area contributed by atoms with Gasteiger partial charge in [0, 0.05) is 30.8 Å². The number of aromatic amines is 1. The van der Waals surface area contributed by atoms with E-state index in [4.69, 9.17) is 0 Å². The van der Waals surface area contributed by atoms with Crippen LogP contribution < -0.4 is 5.32 Å². The Labute approximate surface area is 131 Å². The fraction of sp³-hybridized carbons (Fsp3) is 0.278. The van der Waals surface area contributed by atoms with E-state index in [2.05, 4.69) is 69.9 Å².